The molecule has 4 N–H and O–H groups in total. The van der Waals surface area contributed by atoms with Gasteiger partial charge < -0.3 is 39.4 Å². The standard InChI is InChI=1S/C33H52O9/c1-17-7-12-33(40-16-17)18(2)26-25(42-33)14-23-21-6-5-19-13-20(8-10-31(19,3)22(21)9-11-32(23,26)4)41-30(39)29(38)28(37)27(36)24(35)15-34/h15,17-29,35-38H,5-14,16H2,1-4H3/t17-,18+,19?,20+,21?,22?,23?,24+,25?,26?,27-,28+,29+,31+,32+,33-/m1/s1. The second-order valence-electron chi connectivity index (χ2n) is 15.6. The summed E-state index contributed by atoms with van der Waals surface area (Å²) < 4.78 is 19.0. The van der Waals surface area contributed by atoms with Gasteiger partial charge in [-0.3, -0.25) is 0 Å². The molecule has 1 spiro atoms. The minimum atomic E-state index is -2.04. The SMILES string of the molecule is C[C@@H]1CC[C@@]2(OC1)OC1CC3C4CCC5C[C@@H](OC(=O)[C@@H](O)[C@@H](O)[C@H](O)[C@@H](O)C=O)CC[C@]5(C)C4CC[C@]3(C)C1[C@@H]2C. The molecule has 9 nitrogen and oxygen atoms in total. The van der Waals surface area contributed by atoms with Crippen molar-refractivity contribution in [1.29, 1.82) is 0 Å². The molecule has 0 aromatic carbocycles. The summed E-state index contributed by atoms with van der Waals surface area (Å²) >= 11 is 0. The first-order valence-corrected chi connectivity index (χ1v) is 16.5. The molecule has 0 amide bonds. The summed E-state index contributed by atoms with van der Waals surface area (Å²) in [6.07, 6.45) is 2.43. The van der Waals surface area contributed by atoms with E-state index in [-0.39, 0.29) is 35.1 Å². The highest BCUT2D eigenvalue weighted by molar-refractivity contribution is 5.75. The Morgan fingerprint density at radius 3 is 2.33 bits per heavy atom. The quantitative estimate of drug-likeness (QED) is 0.270. The van der Waals surface area contributed by atoms with E-state index in [2.05, 4.69) is 27.7 Å². The van der Waals surface area contributed by atoms with Crippen molar-refractivity contribution in [2.24, 2.45) is 52.3 Å². The van der Waals surface area contributed by atoms with Crippen LogP contribution < -0.4 is 0 Å². The minimum absolute atomic E-state index is 0.0473. The molecule has 4 aliphatic carbocycles. The van der Waals surface area contributed by atoms with Gasteiger partial charge >= 0.3 is 5.97 Å². The Kier molecular flexibility index (Phi) is 8.14. The number of carbonyl (C=O) groups excluding carboxylic acids is 2. The smallest absolute Gasteiger partial charge is 0.338 e. The fourth-order valence-corrected chi connectivity index (χ4v) is 11.2. The number of esters is 1. The van der Waals surface area contributed by atoms with Crippen LogP contribution in [0, 0.1) is 52.3 Å². The Morgan fingerprint density at radius 2 is 1.64 bits per heavy atom. The van der Waals surface area contributed by atoms with E-state index in [9.17, 15) is 30.0 Å². The van der Waals surface area contributed by atoms with Gasteiger partial charge in [0.05, 0.1) is 12.7 Å². The first-order valence-electron chi connectivity index (χ1n) is 16.5. The van der Waals surface area contributed by atoms with Crippen LogP contribution in [0.5, 0.6) is 0 Å². The molecule has 2 aliphatic heterocycles. The fraction of sp³-hybridized carbons (Fsp3) is 0.939. The van der Waals surface area contributed by atoms with Crippen molar-refractivity contribution < 1.29 is 44.2 Å². The predicted molar refractivity (Wildman–Crippen MR) is 152 cm³/mol. The summed E-state index contributed by atoms with van der Waals surface area (Å²) in [5.41, 5.74) is 0.444. The van der Waals surface area contributed by atoms with Gasteiger partial charge in [-0.25, -0.2) is 4.79 Å². The first kappa shape index (κ1) is 30.9. The van der Waals surface area contributed by atoms with E-state index < -0.39 is 30.4 Å². The second-order valence-corrected chi connectivity index (χ2v) is 15.6. The average Bonchev–Trinajstić information content (AvgIpc) is 3.42. The van der Waals surface area contributed by atoms with E-state index in [4.69, 9.17) is 14.2 Å². The van der Waals surface area contributed by atoms with Gasteiger partial charge in [0.1, 0.15) is 24.4 Å². The number of hydrogen-bond acceptors (Lipinski definition) is 9. The van der Waals surface area contributed by atoms with Crippen LogP contribution in [0.4, 0.5) is 0 Å². The Hall–Kier alpha value is -1.10. The first-order chi connectivity index (χ1) is 19.8. The maximum Gasteiger partial charge on any atom is 0.338 e. The number of aliphatic hydroxyl groups excluding tert-OH is 4. The molecule has 6 fully saturated rings. The van der Waals surface area contributed by atoms with Crippen molar-refractivity contribution in [3.8, 4) is 0 Å². The molecule has 0 bridgehead atoms. The molecule has 6 aliphatic rings. The predicted octanol–water partition coefficient (Wildman–Crippen LogP) is 2.99. The lowest BCUT2D eigenvalue weighted by atomic mass is 9.44. The van der Waals surface area contributed by atoms with Crippen LogP contribution in [0.3, 0.4) is 0 Å². The lowest BCUT2D eigenvalue weighted by molar-refractivity contribution is -0.273. The Morgan fingerprint density at radius 1 is 0.905 bits per heavy atom. The lowest BCUT2D eigenvalue weighted by Crippen LogP contribution is -2.55. The molecule has 9 heteroatoms. The van der Waals surface area contributed by atoms with Crippen molar-refractivity contribution in [2.75, 3.05) is 6.61 Å². The summed E-state index contributed by atoms with van der Waals surface area (Å²) in [5.74, 6) is 2.53. The maximum atomic E-state index is 12.6. The molecule has 0 aromatic rings. The highest BCUT2D eigenvalue weighted by Gasteiger charge is 2.69. The number of fused-ring (bicyclic) bond motifs is 7. The summed E-state index contributed by atoms with van der Waals surface area (Å²) in [5, 5.41) is 39.6. The van der Waals surface area contributed by atoms with Crippen molar-refractivity contribution >= 4 is 12.3 Å². The Bertz CT molecular complexity index is 1030. The molecule has 2 heterocycles. The Labute approximate surface area is 249 Å². The molecule has 0 aromatic heterocycles. The zero-order chi connectivity index (χ0) is 30.2. The van der Waals surface area contributed by atoms with Gasteiger partial charge in [-0.15, -0.1) is 0 Å². The van der Waals surface area contributed by atoms with Crippen LogP contribution in [0.1, 0.15) is 91.9 Å². The van der Waals surface area contributed by atoms with Gasteiger partial charge in [0.15, 0.2) is 18.2 Å². The van der Waals surface area contributed by atoms with Crippen LogP contribution >= 0.6 is 0 Å². The van der Waals surface area contributed by atoms with Crippen molar-refractivity contribution in [3.05, 3.63) is 0 Å². The molecule has 238 valence electrons. The molecule has 16 atom stereocenters. The topological polar surface area (TPSA) is 143 Å². The summed E-state index contributed by atoms with van der Waals surface area (Å²) in [6.45, 7) is 10.5. The third kappa shape index (κ3) is 4.71. The van der Waals surface area contributed by atoms with Gasteiger partial charge in [0.2, 0.25) is 0 Å². The number of hydrogen-bond donors (Lipinski definition) is 4. The number of carbonyl (C=O) groups is 2. The van der Waals surface area contributed by atoms with E-state index in [0.717, 1.165) is 38.7 Å². The number of ether oxygens (including phenoxy) is 3. The van der Waals surface area contributed by atoms with E-state index >= 15 is 0 Å². The maximum absolute atomic E-state index is 12.6. The van der Waals surface area contributed by atoms with Gasteiger partial charge in [-0.2, -0.15) is 0 Å². The van der Waals surface area contributed by atoms with Crippen molar-refractivity contribution in [1.82, 2.24) is 0 Å². The number of rotatable bonds is 6. The van der Waals surface area contributed by atoms with Crippen molar-refractivity contribution in [2.45, 2.75) is 134 Å². The summed E-state index contributed by atoms with van der Waals surface area (Å²) in [4.78, 5) is 23.3. The average molecular weight is 593 g/mol. The largest absolute Gasteiger partial charge is 0.460 e. The van der Waals surface area contributed by atoms with Crippen LogP contribution in [0.2, 0.25) is 0 Å². The molecule has 6 rings (SSSR count). The molecular formula is C33H52O9. The van der Waals surface area contributed by atoms with Gasteiger partial charge in [0, 0.05) is 12.3 Å². The third-order valence-electron chi connectivity index (χ3n) is 13.6. The lowest BCUT2D eigenvalue weighted by Gasteiger charge is -2.61. The van der Waals surface area contributed by atoms with Crippen LogP contribution in [0.15, 0.2) is 0 Å². The summed E-state index contributed by atoms with van der Waals surface area (Å²) in [6, 6.07) is 0. The monoisotopic (exact) mass is 592 g/mol. The summed E-state index contributed by atoms with van der Waals surface area (Å²) in [7, 11) is 0. The van der Waals surface area contributed by atoms with E-state index in [0.29, 0.717) is 47.8 Å². The molecule has 4 saturated carbocycles. The number of aliphatic hydroxyl groups is 4. The Balaban J connectivity index is 1.10. The molecule has 42 heavy (non-hydrogen) atoms. The van der Waals surface area contributed by atoms with E-state index in [1.807, 2.05) is 0 Å². The van der Waals surface area contributed by atoms with Crippen LogP contribution in [0.25, 0.3) is 0 Å². The van der Waals surface area contributed by atoms with Crippen LogP contribution in [-0.2, 0) is 23.8 Å². The minimum Gasteiger partial charge on any atom is -0.460 e. The number of aldehydes is 1. The zero-order valence-electron chi connectivity index (χ0n) is 25.7. The van der Waals surface area contributed by atoms with E-state index in [1.54, 1.807) is 0 Å². The second kappa shape index (κ2) is 11.1. The molecule has 0 radical (unpaired) electrons. The van der Waals surface area contributed by atoms with Gasteiger partial charge in [0.25, 0.3) is 0 Å². The zero-order valence-corrected chi connectivity index (χ0v) is 25.7. The normalized spacial score (nSPS) is 50.9. The third-order valence-corrected chi connectivity index (χ3v) is 13.6. The molecule has 6 unspecified atom stereocenters. The highest BCUT2D eigenvalue weighted by atomic mass is 16.7. The fourth-order valence-electron chi connectivity index (χ4n) is 11.2. The van der Waals surface area contributed by atoms with E-state index in [1.165, 1.54) is 25.7 Å². The van der Waals surface area contributed by atoms with Crippen LogP contribution in [-0.4, -0.2) is 81.7 Å². The van der Waals surface area contributed by atoms with Gasteiger partial charge in [-0.05, 0) is 104 Å². The van der Waals surface area contributed by atoms with Gasteiger partial charge in [-0.1, -0.05) is 27.7 Å². The van der Waals surface area contributed by atoms with Crippen molar-refractivity contribution in [3.63, 3.8) is 0 Å². The molecule has 2 saturated heterocycles. The highest BCUT2D eigenvalue weighted by Crippen LogP contribution is 2.71. The molecular weight excluding hydrogens is 540 g/mol.